The second kappa shape index (κ2) is 6.51. The molecule has 1 aliphatic carbocycles. The standard InChI is InChI=1S/C16H20ClF2NO3/c1-15(2,3)23-14(21)20-10-5-6-11(12(17)13(10)18)22-9-16(19)7-4-8-16/h5-6H,4,7-9H2,1-3H3,(H,20,21). The number of carbonyl (C=O) groups is 1. The van der Waals surface area contributed by atoms with Crippen LogP contribution in [0.1, 0.15) is 40.0 Å². The van der Waals surface area contributed by atoms with Crippen molar-refractivity contribution in [2.75, 3.05) is 11.9 Å². The summed E-state index contributed by atoms with van der Waals surface area (Å²) in [4.78, 5) is 11.7. The Morgan fingerprint density at radius 2 is 2.04 bits per heavy atom. The van der Waals surface area contributed by atoms with Gasteiger partial charge in [-0.1, -0.05) is 11.6 Å². The van der Waals surface area contributed by atoms with Crippen LogP contribution < -0.4 is 10.1 Å². The number of hydrogen-bond acceptors (Lipinski definition) is 3. The van der Waals surface area contributed by atoms with Gasteiger partial charge in [-0.2, -0.15) is 0 Å². The molecule has 0 bridgehead atoms. The van der Waals surface area contributed by atoms with E-state index in [-0.39, 0.29) is 23.1 Å². The zero-order valence-corrected chi connectivity index (χ0v) is 14.1. The van der Waals surface area contributed by atoms with Gasteiger partial charge in [-0.05, 0) is 52.2 Å². The summed E-state index contributed by atoms with van der Waals surface area (Å²) >= 11 is 5.89. The molecule has 7 heteroatoms. The molecule has 1 aromatic rings. The van der Waals surface area contributed by atoms with Crippen LogP contribution in [-0.4, -0.2) is 24.0 Å². The summed E-state index contributed by atoms with van der Waals surface area (Å²) in [5, 5.41) is 1.98. The normalized spacial score (nSPS) is 16.4. The molecule has 4 nitrogen and oxygen atoms in total. The molecular weight excluding hydrogens is 328 g/mol. The molecule has 1 fully saturated rings. The van der Waals surface area contributed by atoms with Gasteiger partial charge in [0.1, 0.15) is 28.6 Å². The second-order valence-electron chi connectivity index (χ2n) is 6.66. The van der Waals surface area contributed by atoms with Crippen LogP contribution in [0.5, 0.6) is 5.75 Å². The fourth-order valence-corrected chi connectivity index (χ4v) is 2.28. The minimum Gasteiger partial charge on any atom is -0.489 e. The van der Waals surface area contributed by atoms with Gasteiger partial charge in [-0.25, -0.2) is 13.6 Å². The first kappa shape index (κ1) is 17.8. The molecule has 1 saturated carbocycles. The molecule has 0 heterocycles. The third-order valence-electron chi connectivity index (χ3n) is 3.42. The number of nitrogens with one attached hydrogen (secondary N) is 1. The van der Waals surface area contributed by atoms with Crippen LogP contribution in [-0.2, 0) is 4.74 Å². The third-order valence-corrected chi connectivity index (χ3v) is 3.77. The summed E-state index contributed by atoms with van der Waals surface area (Å²) in [6.45, 7) is 4.92. The van der Waals surface area contributed by atoms with Crippen LogP contribution >= 0.6 is 11.6 Å². The summed E-state index contributed by atoms with van der Waals surface area (Å²) in [6, 6.07) is 2.69. The van der Waals surface area contributed by atoms with E-state index >= 15 is 0 Å². The van der Waals surface area contributed by atoms with Crippen molar-refractivity contribution in [3.8, 4) is 5.75 Å². The average molecular weight is 348 g/mol. The van der Waals surface area contributed by atoms with Crippen molar-refractivity contribution in [2.24, 2.45) is 0 Å². The van der Waals surface area contributed by atoms with Gasteiger partial charge >= 0.3 is 6.09 Å². The van der Waals surface area contributed by atoms with Crippen LogP contribution in [0, 0.1) is 5.82 Å². The fourth-order valence-electron chi connectivity index (χ4n) is 2.07. The number of hydrogen-bond donors (Lipinski definition) is 1. The van der Waals surface area contributed by atoms with Gasteiger partial charge in [-0.15, -0.1) is 0 Å². The highest BCUT2D eigenvalue weighted by Crippen LogP contribution is 2.38. The Kier molecular flexibility index (Phi) is 5.04. The maximum absolute atomic E-state index is 14.2. The SMILES string of the molecule is CC(C)(C)OC(=O)Nc1ccc(OCC2(F)CCC2)c(Cl)c1F. The smallest absolute Gasteiger partial charge is 0.412 e. The molecule has 1 amide bonds. The van der Waals surface area contributed by atoms with Crippen molar-refractivity contribution in [2.45, 2.75) is 51.3 Å². The molecule has 1 aliphatic rings. The van der Waals surface area contributed by atoms with E-state index in [1.165, 1.54) is 12.1 Å². The lowest BCUT2D eigenvalue weighted by Crippen LogP contribution is -2.38. The molecule has 0 radical (unpaired) electrons. The Morgan fingerprint density at radius 3 is 2.57 bits per heavy atom. The molecule has 2 rings (SSSR count). The van der Waals surface area contributed by atoms with E-state index in [4.69, 9.17) is 21.1 Å². The molecule has 0 aliphatic heterocycles. The maximum atomic E-state index is 14.2. The molecule has 0 atom stereocenters. The summed E-state index contributed by atoms with van der Waals surface area (Å²) in [5.74, 6) is -0.806. The zero-order chi connectivity index (χ0) is 17.3. The van der Waals surface area contributed by atoms with Gasteiger partial charge in [0.05, 0.1) is 5.69 Å². The number of benzene rings is 1. The summed E-state index contributed by atoms with van der Waals surface area (Å²) < 4.78 is 38.4. The first-order chi connectivity index (χ1) is 10.6. The van der Waals surface area contributed by atoms with E-state index in [9.17, 15) is 13.6 Å². The number of alkyl halides is 1. The lowest BCUT2D eigenvalue weighted by atomic mass is 9.83. The Hall–Kier alpha value is -1.56. The van der Waals surface area contributed by atoms with Crippen molar-refractivity contribution >= 4 is 23.4 Å². The van der Waals surface area contributed by atoms with Crippen LogP contribution in [0.4, 0.5) is 19.3 Å². The molecule has 23 heavy (non-hydrogen) atoms. The number of amides is 1. The topological polar surface area (TPSA) is 47.6 Å². The van der Waals surface area contributed by atoms with Crippen molar-refractivity contribution in [1.82, 2.24) is 0 Å². The van der Waals surface area contributed by atoms with Crippen LogP contribution in [0.3, 0.4) is 0 Å². The van der Waals surface area contributed by atoms with Crippen LogP contribution in [0.2, 0.25) is 5.02 Å². The van der Waals surface area contributed by atoms with Crippen molar-refractivity contribution in [3.63, 3.8) is 0 Å². The number of rotatable bonds is 4. The molecule has 0 spiro atoms. The highest BCUT2D eigenvalue weighted by molar-refractivity contribution is 6.32. The molecule has 0 aromatic heterocycles. The van der Waals surface area contributed by atoms with E-state index in [2.05, 4.69) is 5.32 Å². The molecule has 0 unspecified atom stereocenters. The van der Waals surface area contributed by atoms with E-state index in [1.807, 2.05) is 0 Å². The predicted octanol–water partition coefficient (Wildman–Crippen LogP) is 5.10. The molecule has 1 aromatic carbocycles. The Morgan fingerprint density at radius 1 is 1.39 bits per heavy atom. The third kappa shape index (κ3) is 4.70. The largest absolute Gasteiger partial charge is 0.489 e. The van der Waals surface area contributed by atoms with E-state index in [0.29, 0.717) is 12.8 Å². The minimum atomic E-state index is -1.35. The van der Waals surface area contributed by atoms with E-state index < -0.39 is 23.2 Å². The Labute approximate surface area is 139 Å². The molecule has 0 saturated heterocycles. The number of ether oxygens (including phenoxy) is 2. The Balaban J connectivity index is 2.03. The zero-order valence-electron chi connectivity index (χ0n) is 13.3. The Bertz CT molecular complexity index is 598. The van der Waals surface area contributed by atoms with E-state index in [0.717, 1.165) is 6.42 Å². The van der Waals surface area contributed by atoms with Gasteiger partial charge in [-0.3, -0.25) is 5.32 Å². The van der Waals surface area contributed by atoms with Crippen molar-refractivity contribution in [1.29, 1.82) is 0 Å². The summed E-state index contributed by atoms with van der Waals surface area (Å²) in [7, 11) is 0. The number of anilines is 1. The summed E-state index contributed by atoms with van der Waals surface area (Å²) in [6.07, 6.45) is 0.899. The fraction of sp³-hybridized carbons (Fsp3) is 0.562. The van der Waals surface area contributed by atoms with Crippen LogP contribution in [0.15, 0.2) is 12.1 Å². The number of carbonyl (C=O) groups excluding carboxylic acids is 1. The van der Waals surface area contributed by atoms with Gasteiger partial charge in [0.25, 0.3) is 0 Å². The highest BCUT2D eigenvalue weighted by atomic mass is 35.5. The van der Waals surface area contributed by atoms with Gasteiger partial charge in [0.15, 0.2) is 5.82 Å². The van der Waals surface area contributed by atoms with Gasteiger partial charge in [0, 0.05) is 0 Å². The lowest BCUT2D eigenvalue weighted by Gasteiger charge is -2.33. The molecular formula is C16H20ClF2NO3. The first-order valence-electron chi connectivity index (χ1n) is 7.39. The highest BCUT2D eigenvalue weighted by Gasteiger charge is 2.38. The molecule has 1 N–H and O–H groups in total. The number of halogens is 3. The second-order valence-corrected chi connectivity index (χ2v) is 7.04. The monoisotopic (exact) mass is 347 g/mol. The predicted molar refractivity (Wildman–Crippen MR) is 84.5 cm³/mol. The maximum Gasteiger partial charge on any atom is 0.412 e. The van der Waals surface area contributed by atoms with Crippen LogP contribution in [0.25, 0.3) is 0 Å². The van der Waals surface area contributed by atoms with Gasteiger partial charge < -0.3 is 9.47 Å². The average Bonchev–Trinajstić information content (AvgIpc) is 2.39. The lowest BCUT2D eigenvalue weighted by molar-refractivity contribution is 0.0124. The van der Waals surface area contributed by atoms with Gasteiger partial charge in [0.2, 0.25) is 0 Å². The van der Waals surface area contributed by atoms with Crippen molar-refractivity contribution in [3.05, 3.63) is 23.0 Å². The minimum absolute atomic E-state index is 0.0443. The molecule has 128 valence electrons. The summed E-state index contributed by atoms with van der Waals surface area (Å²) in [5.41, 5.74) is -2.19. The first-order valence-corrected chi connectivity index (χ1v) is 7.77. The van der Waals surface area contributed by atoms with E-state index in [1.54, 1.807) is 20.8 Å². The quantitative estimate of drug-likeness (QED) is 0.824. The van der Waals surface area contributed by atoms with Crippen molar-refractivity contribution < 1.29 is 23.0 Å².